The highest BCUT2D eigenvalue weighted by molar-refractivity contribution is 5.93. The highest BCUT2D eigenvalue weighted by Crippen LogP contribution is 2.21. The van der Waals surface area contributed by atoms with E-state index in [9.17, 15) is 14.4 Å². The number of nitrogens with one attached hydrogen (secondary N) is 2. The summed E-state index contributed by atoms with van der Waals surface area (Å²) >= 11 is 0. The van der Waals surface area contributed by atoms with E-state index in [2.05, 4.69) is 15.4 Å². The number of furan rings is 1. The van der Waals surface area contributed by atoms with Gasteiger partial charge in [-0.25, -0.2) is 4.79 Å². The van der Waals surface area contributed by atoms with Gasteiger partial charge in [-0.3, -0.25) is 9.59 Å². The highest BCUT2D eigenvalue weighted by Gasteiger charge is 2.08. The lowest BCUT2D eigenvalue weighted by molar-refractivity contribution is -0.142. The van der Waals surface area contributed by atoms with Crippen LogP contribution < -0.4 is 15.4 Å². The van der Waals surface area contributed by atoms with E-state index in [1.807, 2.05) is 6.92 Å². The summed E-state index contributed by atoms with van der Waals surface area (Å²) in [6, 6.07) is 8.49. The first kappa shape index (κ1) is 20.8. The zero-order valence-corrected chi connectivity index (χ0v) is 15.7. The molecule has 0 atom stereocenters. The maximum Gasteiger partial charge on any atom is 0.343 e. The van der Waals surface area contributed by atoms with Crippen LogP contribution in [0.1, 0.15) is 17.7 Å². The molecule has 0 saturated carbocycles. The maximum atomic E-state index is 12.0. The molecule has 0 bridgehead atoms. The molecular weight excluding hydrogens is 364 g/mol. The number of carbonyl (C=O) groups is 3. The van der Waals surface area contributed by atoms with E-state index in [0.29, 0.717) is 17.2 Å². The Bertz CT molecular complexity index is 842. The first-order valence-corrected chi connectivity index (χ1v) is 8.57. The summed E-state index contributed by atoms with van der Waals surface area (Å²) in [5, 5.41) is 5.40. The van der Waals surface area contributed by atoms with Crippen LogP contribution in [0.4, 0.5) is 5.69 Å². The lowest BCUT2D eigenvalue weighted by Crippen LogP contribution is -2.26. The average Bonchev–Trinajstić information content (AvgIpc) is 3.20. The Balaban J connectivity index is 1.74. The Hall–Kier alpha value is -3.55. The Labute approximate surface area is 162 Å². The van der Waals surface area contributed by atoms with E-state index >= 15 is 0 Å². The molecule has 2 aromatic rings. The molecule has 8 nitrogen and oxygen atoms in total. The number of carbonyl (C=O) groups excluding carboxylic acids is 3. The van der Waals surface area contributed by atoms with Crippen LogP contribution in [0.2, 0.25) is 0 Å². The van der Waals surface area contributed by atoms with E-state index in [4.69, 9.17) is 9.15 Å². The van der Waals surface area contributed by atoms with Crippen LogP contribution in [-0.4, -0.2) is 38.0 Å². The summed E-state index contributed by atoms with van der Waals surface area (Å²) < 4.78 is 14.9. The van der Waals surface area contributed by atoms with Crippen LogP contribution in [0, 0.1) is 6.92 Å². The average molecular weight is 386 g/mol. The summed E-state index contributed by atoms with van der Waals surface area (Å²) in [6.07, 6.45) is 4.53. The van der Waals surface area contributed by atoms with E-state index in [0.717, 1.165) is 5.56 Å². The van der Waals surface area contributed by atoms with Gasteiger partial charge in [0.25, 0.3) is 0 Å². The summed E-state index contributed by atoms with van der Waals surface area (Å²) in [7, 11) is 1.29. The monoisotopic (exact) mass is 386 g/mol. The highest BCUT2D eigenvalue weighted by atomic mass is 16.6. The molecule has 148 valence electrons. The van der Waals surface area contributed by atoms with Crippen molar-refractivity contribution in [2.24, 2.45) is 0 Å². The number of esters is 1. The third-order valence-electron chi connectivity index (χ3n) is 3.65. The van der Waals surface area contributed by atoms with Crippen LogP contribution in [0.5, 0.6) is 5.75 Å². The van der Waals surface area contributed by atoms with Crippen molar-refractivity contribution in [3.8, 4) is 5.75 Å². The number of aryl methyl sites for hydroxylation is 1. The predicted octanol–water partition coefficient (Wildman–Crippen LogP) is 2.30. The quantitative estimate of drug-likeness (QED) is 0.506. The molecule has 1 aromatic heterocycles. The van der Waals surface area contributed by atoms with Crippen LogP contribution in [0.25, 0.3) is 6.08 Å². The van der Waals surface area contributed by atoms with Crippen molar-refractivity contribution in [3.05, 3.63) is 54.0 Å². The SMILES string of the molecule is COC(=O)COc1ccc(NC(=O)CCNC(=O)/C=C/c2ccco2)c(C)c1. The van der Waals surface area contributed by atoms with E-state index in [1.54, 1.807) is 36.4 Å². The lowest BCUT2D eigenvalue weighted by atomic mass is 10.2. The fraction of sp³-hybridized carbons (Fsp3) is 0.250. The summed E-state index contributed by atoms with van der Waals surface area (Å²) in [4.78, 5) is 34.8. The van der Waals surface area contributed by atoms with Crippen molar-refractivity contribution in [2.45, 2.75) is 13.3 Å². The summed E-state index contributed by atoms with van der Waals surface area (Å²) in [5.41, 5.74) is 1.40. The molecule has 0 aliphatic rings. The van der Waals surface area contributed by atoms with Crippen LogP contribution in [-0.2, 0) is 19.1 Å². The number of methoxy groups -OCH3 is 1. The molecule has 0 spiro atoms. The minimum Gasteiger partial charge on any atom is -0.482 e. The molecule has 2 N–H and O–H groups in total. The molecule has 28 heavy (non-hydrogen) atoms. The second-order valence-electron chi connectivity index (χ2n) is 5.78. The Morgan fingerprint density at radius 3 is 2.71 bits per heavy atom. The lowest BCUT2D eigenvalue weighted by Gasteiger charge is -2.11. The largest absolute Gasteiger partial charge is 0.482 e. The molecule has 0 fully saturated rings. The third kappa shape index (κ3) is 6.99. The van der Waals surface area contributed by atoms with Crippen LogP contribution >= 0.6 is 0 Å². The van der Waals surface area contributed by atoms with Crippen molar-refractivity contribution < 1.29 is 28.3 Å². The van der Waals surface area contributed by atoms with E-state index in [1.165, 1.54) is 19.4 Å². The van der Waals surface area contributed by atoms with E-state index in [-0.39, 0.29) is 31.4 Å². The van der Waals surface area contributed by atoms with Crippen molar-refractivity contribution in [3.63, 3.8) is 0 Å². The molecular formula is C20H22N2O6. The summed E-state index contributed by atoms with van der Waals surface area (Å²) in [5.74, 6) is 0.0455. The van der Waals surface area contributed by atoms with Gasteiger partial charge in [-0.05, 0) is 48.9 Å². The standard InChI is InChI=1S/C20H22N2O6/c1-14-12-16(28-13-20(25)26-2)5-7-17(14)22-19(24)9-10-21-18(23)8-6-15-4-3-11-27-15/h3-8,11-12H,9-10,13H2,1-2H3,(H,21,23)(H,22,24)/b8-6+. The number of rotatable bonds is 9. The van der Waals surface area contributed by atoms with Gasteiger partial charge in [-0.15, -0.1) is 0 Å². The number of anilines is 1. The van der Waals surface area contributed by atoms with Crippen LogP contribution in [0.15, 0.2) is 47.1 Å². The molecule has 0 aliphatic heterocycles. The molecule has 8 heteroatoms. The predicted molar refractivity (Wildman–Crippen MR) is 103 cm³/mol. The fourth-order valence-electron chi connectivity index (χ4n) is 2.18. The normalized spacial score (nSPS) is 10.5. The Morgan fingerprint density at radius 2 is 2.04 bits per heavy atom. The summed E-state index contributed by atoms with van der Waals surface area (Å²) in [6.45, 7) is 1.82. The van der Waals surface area contributed by atoms with E-state index < -0.39 is 5.97 Å². The maximum absolute atomic E-state index is 12.0. The molecule has 1 heterocycles. The van der Waals surface area contributed by atoms with Gasteiger partial charge in [0.1, 0.15) is 11.5 Å². The molecule has 0 radical (unpaired) electrons. The van der Waals surface area contributed by atoms with Gasteiger partial charge in [0.2, 0.25) is 11.8 Å². The van der Waals surface area contributed by atoms with Gasteiger partial charge in [-0.2, -0.15) is 0 Å². The second-order valence-corrected chi connectivity index (χ2v) is 5.78. The molecule has 1 aromatic carbocycles. The van der Waals surface area contributed by atoms with Gasteiger partial charge < -0.3 is 24.5 Å². The van der Waals surface area contributed by atoms with Gasteiger partial charge in [0.05, 0.1) is 13.4 Å². The first-order chi connectivity index (χ1) is 13.5. The minimum atomic E-state index is -0.476. The smallest absolute Gasteiger partial charge is 0.343 e. The minimum absolute atomic E-state index is 0.125. The van der Waals surface area contributed by atoms with Crippen molar-refractivity contribution in [1.29, 1.82) is 0 Å². The number of hydrogen-bond donors (Lipinski definition) is 2. The van der Waals surface area contributed by atoms with Gasteiger partial charge in [-0.1, -0.05) is 0 Å². The molecule has 2 amide bonds. The number of benzene rings is 1. The van der Waals surface area contributed by atoms with Gasteiger partial charge in [0.15, 0.2) is 6.61 Å². The Morgan fingerprint density at radius 1 is 1.21 bits per heavy atom. The Kier molecular flexibility index (Phi) is 7.83. The van der Waals surface area contributed by atoms with Crippen molar-refractivity contribution in [1.82, 2.24) is 5.32 Å². The van der Waals surface area contributed by atoms with Crippen LogP contribution in [0.3, 0.4) is 0 Å². The zero-order chi connectivity index (χ0) is 20.4. The van der Waals surface area contributed by atoms with Gasteiger partial charge in [0, 0.05) is 24.7 Å². The second kappa shape index (κ2) is 10.6. The first-order valence-electron chi connectivity index (χ1n) is 8.57. The molecule has 0 aliphatic carbocycles. The van der Waals surface area contributed by atoms with Crippen molar-refractivity contribution >= 4 is 29.5 Å². The fourth-order valence-corrected chi connectivity index (χ4v) is 2.18. The number of ether oxygens (including phenoxy) is 2. The number of hydrogen-bond acceptors (Lipinski definition) is 6. The molecule has 0 saturated heterocycles. The zero-order valence-electron chi connectivity index (χ0n) is 15.7. The topological polar surface area (TPSA) is 107 Å². The number of amides is 2. The third-order valence-corrected chi connectivity index (χ3v) is 3.65. The van der Waals surface area contributed by atoms with Crippen molar-refractivity contribution in [2.75, 3.05) is 25.6 Å². The molecule has 0 unspecified atom stereocenters. The molecule has 2 rings (SSSR count). The van der Waals surface area contributed by atoms with Gasteiger partial charge >= 0.3 is 5.97 Å².